The van der Waals surface area contributed by atoms with E-state index in [1.54, 1.807) is 0 Å². The highest BCUT2D eigenvalue weighted by molar-refractivity contribution is 5.38. The van der Waals surface area contributed by atoms with Crippen molar-refractivity contribution in [1.82, 2.24) is 5.32 Å². The molecule has 1 unspecified atom stereocenters. The van der Waals surface area contributed by atoms with Gasteiger partial charge in [0.2, 0.25) is 0 Å². The molecule has 88 valence electrons. The Labute approximate surface area is 98.1 Å². The standard InChI is InChI=1S/C14H21NO/c1-13(2,3)14(4)7-5-11-9-15-10-16-12(11)6-8-14/h5-8,15H,9-10H2,1-4H3. The van der Waals surface area contributed by atoms with Gasteiger partial charge in [-0.3, -0.25) is 5.32 Å². The summed E-state index contributed by atoms with van der Waals surface area (Å²) >= 11 is 0. The van der Waals surface area contributed by atoms with Crippen molar-refractivity contribution in [1.29, 1.82) is 0 Å². The molecule has 1 aliphatic carbocycles. The Morgan fingerprint density at radius 2 is 1.94 bits per heavy atom. The van der Waals surface area contributed by atoms with Crippen LogP contribution in [0.25, 0.3) is 0 Å². The van der Waals surface area contributed by atoms with Crippen molar-refractivity contribution in [2.75, 3.05) is 13.3 Å². The first-order chi connectivity index (χ1) is 7.42. The molecule has 0 bridgehead atoms. The van der Waals surface area contributed by atoms with Gasteiger partial charge >= 0.3 is 0 Å². The van der Waals surface area contributed by atoms with Crippen molar-refractivity contribution in [3.8, 4) is 0 Å². The van der Waals surface area contributed by atoms with Crippen molar-refractivity contribution < 1.29 is 4.74 Å². The Kier molecular flexibility index (Phi) is 2.70. The van der Waals surface area contributed by atoms with Gasteiger partial charge in [0.05, 0.1) is 0 Å². The molecule has 0 radical (unpaired) electrons. The molecule has 16 heavy (non-hydrogen) atoms. The summed E-state index contributed by atoms with van der Waals surface area (Å²) in [5, 5.41) is 3.21. The smallest absolute Gasteiger partial charge is 0.139 e. The average Bonchev–Trinajstić information content (AvgIpc) is 2.39. The molecule has 2 nitrogen and oxygen atoms in total. The first kappa shape index (κ1) is 11.5. The highest BCUT2D eigenvalue weighted by atomic mass is 16.5. The zero-order chi connectivity index (χ0) is 11.8. The van der Waals surface area contributed by atoms with Gasteiger partial charge in [-0.1, -0.05) is 45.9 Å². The van der Waals surface area contributed by atoms with Gasteiger partial charge in [-0.2, -0.15) is 0 Å². The second-order valence-corrected chi connectivity index (χ2v) is 5.80. The highest BCUT2D eigenvalue weighted by Gasteiger charge is 2.33. The summed E-state index contributed by atoms with van der Waals surface area (Å²) < 4.78 is 5.60. The van der Waals surface area contributed by atoms with E-state index in [0.717, 1.165) is 12.3 Å². The Bertz CT molecular complexity index is 343. The lowest BCUT2D eigenvalue weighted by atomic mass is 9.68. The summed E-state index contributed by atoms with van der Waals surface area (Å²) in [6, 6.07) is 0. The molecule has 0 saturated carbocycles. The minimum Gasteiger partial charge on any atom is -0.478 e. The van der Waals surface area contributed by atoms with E-state index in [2.05, 4.69) is 57.3 Å². The lowest BCUT2D eigenvalue weighted by Gasteiger charge is -2.37. The third-order valence-electron chi connectivity index (χ3n) is 3.79. The van der Waals surface area contributed by atoms with Crippen LogP contribution < -0.4 is 5.32 Å². The molecule has 0 spiro atoms. The SMILES string of the molecule is CC(C)(C)C1(C)C=CC2=C(C=C1)OCNC2. The topological polar surface area (TPSA) is 21.3 Å². The third-order valence-corrected chi connectivity index (χ3v) is 3.79. The van der Waals surface area contributed by atoms with Crippen LogP contribution in [0.5, 0.6) is 0 Å². The van der Waals surface area contributed by atoms with Gasteiger partial charge in [-0.25, -0.2) is 0 Å². The van der Waals surface area contributed by atoms with Crippen LogP contribution in [0.15, 0.2) is 35.6 Å². The number of hydrogen-bond donors (Lipinski definition) is 1. The molecule has 1 heterocycles. The number of rotatable bonds is 0. The number of allylic oxidation sites excluding steroid dienone is 3. The molecule has 0 aromatic heterocycles. The van der Waals surface area contributed by atoms with Crippen LogP contribution >= 0.6 is 0 Å². The minimum absolute atomic E-state index is 0.0771. The molecule has 0 saturated heterocycles. The van der Waals surface area contributed by atoms with Gasteiger partial charge in [-0.15, -0.1) is 0 Å². The lowest BCUT2D eigenvalue weighted by Crippen LogP contribution is -2.28. The molecule has 2 aliphatic rings. The molecular formula is C14H21NO. The van der Waals surface area contributed by atoms with Gasteiger partial charge in [0.25, 0.3) is 0 Å². The van der Waals surface area contributed by atoms with Crippen molar-refractivity contribution in [2.24, 2.45) is 10.8 Å². The van der Waals surface area contributed by atoms with Crippen LogP contribution in [0.4, 0.5) is 0 Å². The largest absolute Gasteiger partial charge is 0.478 e. The van der Waals surface area contributed by atoms with Crippen LogP contribution in [-0.2, 0) is 4.74 Å². The summed E-state index contributed by atoms with van der Waals surface area (Å²) in [4.78, 5) is 0. The van der Waals surface area contributed by atoms with Crippen molar-refractivity contribution >= 4 is 0 Å². The van der Waals surface area contributed by atoms with E-state index in [4.69, 9.17) is 4.74 Å². The van der Waals surface area contributed by atoms with E-state index < -0.39 is 0 Å². The zero-order valence-electron chi connectivity index (χ0n) is 10.6. The maximum absolute atomic E-state index is 5.60. The zero-order valence-corrected chi connectivity index (χ0v) is 10.6. The molecule has 1 N–H and O–H groups in total. The van der Waals surface area contributed by atoms with Crippen LogP contribution in [0.3, 0.4) is 0 Å². The molecule has 2 rings (SSSR count). The van der Waals surface area contributed by atoms with Gasteiger partial charge in [0, 0.05) is 17.5 Å². The molecule has 1 aliphatic heterocycles. The maximum atomic E-state index is 5.60. The van der Waals surface area contributed by atoms with Gasteiger partial charge < -0.3 is 4.74 Å². The van der Waals surface area contributed by atoms with Crippen LogP contribution in [0.1, 0.15) is 27.7 Å². The summed E-state index contributed by atoms with van der Waals surface area (Å²) in [7, 11) is 0. The average molecular weight is 219 g/mol. The molecule has 0 aromatic rings. The van der Waals surface area contributed by atoms with E-state index in [0.29, 0.717) is 6.73 Å². The summed E-state index contributed by atoms with van der Waals surface area (Å²) in [5.41, 5.74) is 1.53. The Morgan fingerprint density at radius 1 is 1.25 bits per heavy atom. The van der Waals surface area contributed by atoms with Gasteiger partial charge in [0.1, 0.15) is 12.5 Å². The molecular weight excluding hydrogens is 198 g/mol. The quantitative estimate of drug-likeness (QED) is 0.676. The van der Waals surface area contributed by atoms with E-state index in [9.17, 15) is 0 Å². The van der Waals surface area contributed by atoms with E-state index in [-0.39, 0.29) is 10.8 Å². The Hall–Kier alpha value is -1.02. The highest BCUT2D eigenvalue weighted by Crippen LogP contribution is 2.42. The molecule has 2 heteroatoms. The van der Waals surface area contributed by atoms with E-state index in [1.807, 2.05) is 0 Å². The second kappa shape index (κ2) is 3.77. The fraction of sp³-hybridized carbons (Fsp3) is 0.571. The molecule has 1 atom stereocenters. The van der Waals surface area contributed by atoms with Crippen molar-refractivity contribution in [3.05, 3.63) is 35.6 Å². The van der Waals surface area contributed by atoms with Gasteiger partial charge in [-0.05, 0) is 11.5 Å². The fourth-order valence-electron chi connectivity index (χ4n) is 1.87. The number of hydrogen-bond acceptors (Lipinski definition) is 2. The summed E-state index contributed by atoms with van der Waals surface area (Å²) in [5.74, 6) is 1.02. The van der Waals surface area contributed by atoms with Crippen molar-refractivity contribution in [2.45, 2.75) is 27.7 Å². The first-order valence-electron chi connectivity index (χ1n) is 5.87. The Balaban J connectivity index is 2.34. The number of ether oxygens (including phenoxy) is 1. The third kappa shape index (κ3) is 1.94. The summed E-state index contributed by atoms with van der Waals surface area (Å²) in [6.07, 6.45) is 8.88. The normalized spacial score (nSPS) is 29.8. The van der Waals surface area contributed by atoms with E-state index >= 15 is 0 Å². The van der Waals surface area contributed by atoms with Crippen molar-refractivity contribution in [3.63, 3.8) is 0 Å². The monoisotopic (exact) mass is 219 g/mol. The molecule has 0 fully saturated rings. The second-order valence-electron chi connectivity index (χ2n) is 5.80. The van der Waals surface area contributed by atoms with Crippen LogP contribution in [0.2, 0.25) is 0 Å². The summed E-state index contributed by atoms with van der Waals surface area (Å²) in [6.45, 7) is 10.6. The maximum Gasteiger partial charge on any atom is 0.139 e. The Morgan fingerprint density at radius 3 is 2.62 bits per heavy atom. The molecule has 0 amide bonds. The predicted molar refractivity (Wildman–Crippen MR) is 66.8 cm³/mol. The van der Waals surface area contributed by atoms with Crippen LogP contribution in [-0.4, -0.2) is 13.3 Å². The fourth-order valence-corrected chi connectivity index (χ4v) is 1.87. The first-order valence-corrected chi connectivity index (χ1v) is 5.87. The molecule has 0 aromatic carbocycles. The minimum atomic E-state index is 0.0771. The lowest BCUT2D eigenvalue weighted by molar-refractivity contribution is 0.184. The van der Waals surface area contributed by atoms with E-state index in [1.165, 1.54) is 5.57 Å². The number of nitrogens with one attached hydrogen (secondary N) is 1. The predicted octanol–water partition coefficient (Wildman–Crippen LogP) is 3.00. The van der Waals surface area contributed by atoms with Gasteiger partial charge in [0.15, 0.2) is 0 Å². The van der Waals surface area contributed by atoms with Crippen LogP contribution in [0, 0.1) is 10.8 Å².